The summed E-state index contributed by atoms with van der Waals surface area (Å²) in [7, 11) is 0. The molecule has 0 radical (unpaired) electrons. The van der Waals surface area contributed by atoms with Crippen molar-refractivity contribution in [2.75, 3.05) is 6.54 Å². The van der Waals surface area contributed by atoms with E-state index in [1.54, 1.807) is 0 Å². The van der Waals surface area contributed by atoms with Gasteiger partial charge >= 0.3 is 0 Å². The van der Waals surface area contributed by atoms with Crippen LogP contribution in [0.15, 0.2) is 36.5 Å². The molecule has 0 saturated heterocycles. The summed E-state index contributed by atoms with van der Waals surface area (Å²) >= 11 is 1.49. The number of nitrogens with one attached hydrogen (secondary N) is 1. The minimum Gasteiger partial charge on any atom is -0.309 e. The Hall–Kier alpha value is -1.26. The van der Waals surface area contributed by atoms with E-state index in [1.165, 1.54) is 28.4 Å². The molecule has 4 heteroatoms. The molecule has 0 amide bonds. The summed E-state index contributed by atoms with van der Waals surface area (Å²) in [5, 5.41) is 7.42. The van der Waals surface area contributed by atoms with Crippen LogP contribution >= 0.6 is 11.5 Å². The van der Waals surface area contributed by atoms with Crippen LogP contribution in [0.1, 0.15) is 36.2 Å². The molecule has 2 aromatic rings. The molecule has 96 valence electrons. The van der Waals surface area contributed by atoms with Crippen molar-refractivity contribution >= 4 is 11.5 Å². The van der Waals surface area contributed by atoms with Gasteiger partial charge in [0.05, 0.1) is 11.1 Å². The zero-order valence-electron chi connectivity index (χ0n) is 10.7. The third-order valence-electron chi connectivity index (χ3n) is 2.97. The second kappa shape index (κ2) is 7.24. The number of aromatic nitrogens is 2. The van der Waals surface area contributed by atoms with E-state index in [0.29, 0.717) is 6.04 Å². The van der Waals surface area contributed by atoms with Gasteiger partial charge in [0.25, 0.3) is 0 Å². The highest BCUT2D eigenvalue weighted by atomic mass is 32.1. The fourth-order valence-electron chi connectivity index (χ4n) is 2.07. The van der Waals surface area contributed by atoms with Gasteiger partial charge in [-0.2, -0.15) is 0 Å². The van der Waals surface area contributed by atoms with Crippen molar-refractivity contribution in [3.8, 4) is 0 Å². The van der Waals surface area contributed by atoms with E-state index >= 15 is 0 Å². The van der Waals surface area contributed by atoms with E-state index in [4.69, 9.17) is 0 Å². The number of nitrogens with zero attached hydrogens (tertiary/aromatic N) is 2. The van der Waals surface area contributed by atoms with Crippen LogP contribution in [0.4, 0.5) is 0 Å². The lowest BCUT2D eigenvalue weighted by molar-refractivity contribution is 0.504. The van der Waals surface area contributed by atoms with E-state index in [9.17, 15) is 0 Å². The Kier molecular flexibility index (Phi) is 5.30. The molecule has 0 spiro atoms. The van der Waals surface area contributed by atoms with Gasteiger partial charge in [-0.3, -0.25) is 0 Å². The van der Waals surface area contributed by atoms with Crippen LogP contribution in [-0.2, 0) is 6.42 Å². The first-order valence-corrected chi connectivity index (χ1v) is 7.22. The lowest BCUT2D eigenvalue weighted by atomic mass is 10.0. The van der Waals surface area contributed by atoms with Crippen LogP contribution in [0.5, 0.6) is 0 Å². The van der Waals surface area contributed by atoms with Crippen molar-refractivity contribution in [3.05, 3.63) is 47.0 Å². The fraction of sp³-hybridized carbons (Fsp3) is 0.429. The molecule has 1 unspecified atom stereocenters. The van der Waals surface area contributed by atoms with Crippen LogP contribution in [0, 0.1) is 0 Å². The molecule has 0 aliphatic rings. The maximum absolute atomic E-state index is 3.94. The maximum atomic E-state index is 3.94. The van der Waals surface area contributed by atoms with Gasteiger partial charge in [-0.1, -0.05) is 41.7 Å². The van der Waals surface area contributed by atoms with E-state index in [-0.39, 0.29) is 0 Å². The van der Waals surface area contributed by atoms with E-state index in [0.717, 1.165) is 19.4 Å². The molecular weight excluding hydrogens is 242 g/mol. The second-order valence-corrected chi connectivity index (χ2v) is 5.13. The van der Waals surface area contributed by atoms with Gasteiger partial charge in [0.15, 0.2) is 0 Å². The predicted molar refractivity (Wildman–Crippen MR) is 75.7 cm³/mol. The lowest BCUT2D eigenvalue weighted by Crippen LogP contribution is -2.20. The fourth-order valence-corrected chi connectivity index (χ4v) is 2.69. The van der Waals surface area contributed by atoms with Gasteiger partial charge in [0, 0.05) is 6.04 Å². The van der Waals surface area contributed by atoms with Crippen molar-refractivity contribution in [2.24, 2.45) is 0 Å². The van der Waals surface area contributed by atoms with Gasteiger partial charge in [0.1, 0.15) is 0 Å². The SMILES string of the molecule is CCNC(CCCc1ccccc1)c1cnns1. The lowest BCUT2D eigenvalue weighted by Gasteiger charge is -2.15. The third-order valence-corrected chi connectivity index (χ3v) is 3.75. The summed E-state index contributed by atoms with van der Waals surface area (Å²) in [6.45, 7) is 3.12. The number of benzene rings is 1. The van der Waals surface area contributed by atoms with Gasteiger partial charge in [-0.15, -0.1) is 5.10 Å². The molecule has 0 saturated carbocycles. The molecule has 2 rings (SSSR count). The van der Waals surface area contributed by atoms with Crippen LogP contribution < -0.4 is 5.32 Å². The highest BCUT2D eigenvalue weighted by molar-refractivity contribution is 7.05. The van der Waals surface area contributed by atoms with Gasteiger partial charge in [-0.05, 0) is 42.9 Å². The van der Waals surface area contributed by atoms with Crippen molar-refractivity contribution in [1.82, 2.24) is 14.9 Å². The van der Waals surface area contributed by atoms with E-state index in [2.05, 4.69) is 52.2 Å². The Morgan fingerprint density at radius 3 is 2.78 bits per heavy atom. The maximum Gasteiger partial charge on any atom is 0.0669 e. The topological polar surface area (TPSA) is 37.8 Å². The Morgan fingerprint density at radius 1 is 1.28 bits per heavy atom. The Labute approximate surface area is 112 Å². The second-order valence-electron chi connectivity index (χ2n) is 4.31. The summed E-state index contributed by atoms with van der Waals surface area (Å²) < 4.78 is 3.94. The number of hydrogen-bond acceptors (Lipinski definition) is 4. The van der Waals surface area contributed by atoms with Crippen LogP contribution in [0.3, 0.4) is 0 Å². The van der Waals surface area contributed by atoms with Crippen LogP contribution in [-0.4, -0.2) is 16.1 Å². The van der Waals surface area contributed by atoms with Crippen molar-refractivity contribution in [3.63, 3.8) is 0 Å². The summed E-state index contributed by atoms with van der Waals surface area (Å²) in [4.78, 5) is 1.24. The number of hydrogen-bond donors (Lipinski definition) is 1. The third kappa shape index (κ3) is 3.89. The van der Waals surface area contributed by atoms with Gasteiger partial charge in [-0.25, -0.2) is 0 Å². The predicted octanol–water partition coefficient (Wildman–Crippen LogP) is 3.21. The zero-order valence-corrected chi connectivity index (χ0v) is 11.5. The first-order valence-electron chi connectivity index (χ1n) is 6.44. The summed E-state index contributed by atoms with van der Waals surface area (Å²) in [6, 6.07) is 11.0. The molecule has 3 nitrogen and oxygen atoms in total. The Balaban J connectivity index is 1.83. The molecule has 0 aliphatic carbocycles. The average molecular weight is 261 g/mol. The highest BCUT2D eigenvalue weighted by Crippen LogP contribution is 2.21. The zero-order chi connectivity index (χ0) is 12.6. The molecule has 1 atom stereocenters. The van der Waals surface area contributed by atoms with E-state index < -0.39 is 0 Å². The smallest absolute Gasteiger partial charge is 0.0669 e. The molecule has 0 aliphatic heterocycles. The minimum atomic E-state index is 0.402. The Bertz CT molecular complexity index is 428. The van der Waals surface area contributed by atoms with Gasteiger partial charge in [0.2, 0.25) is 0 Å². The van der Waals surface area contributed by atoms with Crippen molar-refractivity contribution < 1.29 is 0 Å². The highest BCUT2D eigenvalue weighted by Gasteiger charge is 2.12. The molecule has 1 aromatic heterocycles. The monoisotopic (exact) mass is 261 g/mol. The summed E-state index contributed by atoms with van der Waals surface area (Å²) in [5.74, 6) is 0. The average Bonchev–Trinajstić information content (AvgIpc) is 2.93. The number of aryl methyl sites for hydroxylation is 1. The first-order chi connectivity index (χ1) is 8.90. The molecule has 1 aromatic carbocycles. The molecule has 0 bridgehead atoms. The van der Waals surface area contributed by atoms with Crippen molar-refractivity contribution in [1.29, 1.82) is 0 Å². The standard InChI is InChI=1S/C14H19N3S/c1-2-15-13(14-11-16-17-18-14)10-6-9-12-7-4-3-5-8-12/h3-5,7-8,11,13,15H,2,6,9-10H2,1H3. The van der Waals surface area contributed by atoms with Crippen LogP contribution in [0.25, 0.3) is 0 Å². The molecule has 1 heterocycles. The first kappa shape index (κ1) is 13.2. The largest absolute Gasteiger partial charge is 0.309 e. The summed E-state index contributed by atoms with van der Waals surface area (Å²) in [5.41, 5.74) is 1.41. The van der Waals surface area contributed by atoms with Crippen molar-refractivity contribution in [2.45, 2.75) is 32.2 Å². The quantitative estimate of drug-likeness (QED) is 0.831. The molecule has 1 N–H and O–H groups in total. The van der Waals surface area contributed by atoms with E-state index in [1.807, 2.05) is 6.20 Å². The molecule has 18 heavy (non-hydrogen) atoms. The summed E-state index contributed by atoms with van der Waals surface area (Å²) in [6.07, 6.45) is 5.32. The normalized spacial score (nSPS) is 12.5. The minimum absolute atomic E-state index is 0.402. The van der Waals surface area contributed by atoms with Gasteiger partial charge < -0.3 is 5.32 Å². The number of rotatable bonds is 7. The van der Waals surface area contributed by atoms with Crippen LogP contribution in [0.2, 0.25) is 0 Å². The molecular formula is C14H19N3S. The Morgan fingerprint density at radius 2 is 2.11 bits per heavy atom. The molecule has 0 fully saturated rings.